The third-order valence-electron chi connectivity index (χ3n) is 5.29. The fraction of sp³-hybridized carbons (Fsp3) is 0.143. The Morgan fingerprint density at radius 3 is 1.59 bits per heavy atom. The van der Waals surface area contributed by atoms with Crippen LogP contribution in [0.4, 0.5) is 23.3 Å². The smallest absolute Gasteiger partial charge is 0.247 e. The summed E-state index contributed by atoms with van der Waals surface area (Å²) >= 11 is 0. The van der Waals surface area contributed by atoms with Crippen LogP contribution in [0.5, 0.6) is 23.0 Å². The maximum atomic E-state index is 5.32. The second-order valence-electron chi connectivity index (χ2n) is 7.99. The predicted molar refractivity (Wildman–Crippen MR) is 153 cm³/mol. The van der Waals surface area contributed by atoms with Crippen molar-refractivity contribution in [2.24, 2.45) is 10.2 Å². The number of rotatable bonds is 12. The van der Waals surface area contributed by atoms with Crippen molar-refractivity contribution < 1.29 is 18.9 Å². The number of hydrazone groups is 2. The van der Waals surface area contributed by atoms with Gasteiger partial charge in [0.2, 0.25) is 5.95 Å². The van der Waals surface area contributed by atoms with E-state index in [2.05, 4.69) is 36.3 Å². The van der Waals surface area contributed by atoms with Crippen LogP contribution in [0.2, 0.25) is 0 Å². The minimum Gasteiger partial charge on any atom is -0.497 e. The Labute approximate surface area is 226 Å². The average molecular weight is 528 g/mol. The van der Waals surface area contributed by atoms with Gasteiger partial charge in [0.25, 0.3) is 0 Å². The first-order valence-electron chi connectivity index (χ1n) is 11.8. The van der Waals surface area contributed by atoms with Crippen LogP contribution in [-0.4, -0.2) is 50.8 Å². The normalized spacial score (nSPS) is 10.9. The Morgan fingerprint density at radius 1 is 0.590 bits per heavy atom. The van der Waals surface area contributed by atoms with Gasteiger partial charge in [0.05, 0.1) is 40.9 Å². The van der Waals surface area contributed by atoms with E-state index in [1.807, 2.05) is 54.6 Å². The third kappa shape index (κ3) is 7.83. The van der Waals surface area contributed by atoms with Crippen LogP contribution in [0.25, 0.3) is 0 Å². The van der Waals surface area contributed by atoms with Gasteiger partial charge in [-0.1, -0.05) is 18.2 Å². The Balaban J connectivity index is 1.55. The summed E-state index contributed by atoms with van der Waals surface area (Å²) in [6.45, 7) is 0. The first kappa shape index (κ1) is 26.7. The van der Waals surface area contributed by atoms with Gasteiger partial charge < -0.3 is 24.3 Å². The van der Waals surface area contributed by atoms with Gasteiger partial charge in [-0.05, 0) is 36.4 Å². The van der Waals surface area contributed by atoms with Crippen LogP contribution < -0.4 is 35.1 Å². The van der Waals surface area contributed by atoms with Gasteiger partial charge in [0.1, 0.15) is 28.8 Å². The molecule has 4 rings (SSSR count). The molecule has 0 unspecified atom stereocenters. The molecule has 3 N–H and O–H groups in total. The Kier molecular flexibility index (Phi) is 9.11. The molecule has 0 aliphatic rings. The van der Waals surface area contributed by atoms with E-state index in [1.54, 1.807) is 59.1 Å². The number of nitrogens with one attached hydrogen (secondary N) is 3. The molecular weight excluding hydrogens is 498 g/mol. The standard InChI is InChI=1S/C28H29N7O4/c1-36-22-10-19(11-23(14-22)37-2)17-29-34-27-16-26(31-21-8-6-5-7-9-21)32-28(33-27)35-30-18-20-12-24(38-3)15-25(13-20)39-4/h5-18H,1-4H3,(H3,31,32,33,34,35). The van der Waals surface area contributed by atoms with Crippen molar-refractivity contribution in [3.63, 3.8) is 0 Å². The maximum Gasteiger partial charge on any atom is 0.247 e. The monoisotopic (exact) mass is 527 g/mol. The fourth-order valence-corrected chi connectivity index (χ4v) is 3.43. The van der Waals surface area contributed by atoms with Crippen LogP contribution in [0.1, 0.15) is 11.1 Å². The molecule has 0 radical (unpaired) electrons. The Hall–Kier alpha value is -5.32. The minimum absolute atomic E-state index is 0.253. The van der Waals surface area contributed by atoms with Crippen molar-refractivity contribution in [3.05, 3.63) is 83.9 Å². The van der Waals surface area contributed by atoms with Gasteiger partial charge in [0.15, 0.2) is 5.82 Å². The predicted octanol–water partition coefficient (Wildman–Crippen LogP) is 5.15. The Bertz CT molecular complexity index is 1320. The second-order valence-corrected chi connectivity index (χ2v) is 7.99. The van der Waals surface area contributed by atoms with Crippen LogP contribution in [0.15, 0.2) is 83.0 Å². The van der Waals surface area contributed by atoms with Crippen molar-refractivity contribution in [1.29, 1.82) is 0 Å². The largest absolute Gasteiger partial charge is 0.497 e. The molecule has 1 aromatic heterocycles. The second kappa shape index (κ2) is 13.3. The van der Waals surface area contributed by atoms with Gasteiger partial charge in [-0.15, -0.1) is 0 Å². The molecule has 0 aliphatic heterocycles. The topological polar surface area (TPSA) is 124 Å². The molecule has 39 heavy (non-hydrogen) atoms. The molecular formula is C28H29N7O4. The van der Waals surface area contributed by atoms with Crippen molar-refractivity contribution in [3.8, 4) is 23.0 Å². The molecule has 0 bridgehead atoms. The first-order chi connectivity index (χ1) is 19.1. The van der Waals surface area contributed by atoms with Gasteiger partial charge in [-0.3, -0.25) is 5.43 Å². The lowest BCUT2D eigenvalue weighted by Crippen LogP contribution is -2.04. The number of ether oxygens (including phenoxy) is 4. The molecule has 11 heteroatoms. The van der Waals surface area contributed by atoms with E-state index in [4.69, 9.17) is 18.9 Å². The molecule has 0 atom stereocenters. The summed E-state index contributed by atoms with van der Waals surface area (Å²) in [6, 6.07) is 22.3. The lowest BCUT2D eigenvalue weighted by molar-refractivity contribution is 0.394. The summed E-state index contributed by atoms with van der Waals surface area (Å²) in [5, 5.41) is 11.9. The number of benzene rings is 3. The number of hydrogen-bond donors (Lipinski definition) is 3. The van der Waals surface area contributed by atoms with E-state index in [0.29, 0.717) is 34.6 Å². The van der Waals surface area contributed by atoms with E-state index in [-0.39, 0.29) is 5.95 Å². The molecule has 3 aromatic carbocycles. The van der Waals surface area contributed by atoms with Crippen molar-refractivity contribution >= 4 is 35.7 Å². The van der Waals surface area contributed by atoms with E-state index >= 15 is 0 Å². The van der Waals surface area contributed by atoms with Crippen LogP contribution in [-0.2, 0) is 0 Å². The van der Waals surface area contributed by atoms with E-state index in [9.17, 15) is 0 Å². The van der Waals surface area contributed by atoms with Gasteiger partial charge in [0, 0.05) is 35.0 Å². The molecule has 200 valence electrons. The molecule has 0 saturated heterocycles. The summed E-state index contributed by atoms with van der Waals surface area (Å²) in [5.74, 6) is 3.85. The highest BCUT2D eigenvalue weighted by molar-refractivity contribution is 5.82. The van der Waals surface area contributed by atoms with Gasteiger partial charge >= 0.3 is 0 Å². The number of anilines is 4. The highest BCUT2D eigenvalue weighted by Gasteiger charge is 2.06. The van der Waals surface area contributed by atoms with Crippen LogP contribution in [0.3, 0.4) is 0 Å². The van der Waals surface area contributed by atoms with Crippen molar-refractivity contribution in [2.45, 2.75) is 0 Å². The number of aromatic nitrogens is 2. The van der Waals surface area contributed by atoms with E-state index in [0.717, 1.165) is 16.8 Å². The minimum atomic E-state index is 0.253. The zero-order chi connectivity index (χ0) is 27.5. The SMILES string of the molecule is COc1cc(C=NNc2cc(Nc3ccccc3)nc(NN=Cc3cc(OC)cc(OC)c3)n2)cc(OC)c1. The van der Waals surface area contributed by atoms with Crippen molar-refractivity contribution in [2.75, 3.05) is 44.6 Å². The molecule has 0 amide bonds. The molecule has 0 spiro atoms. The molecule has 0 aliphatic carbocycles. The van der Waals surface area contributed by atoms with Crippen LogP contribution in [0, 0.1) is 0 Å². The zero-order valence-electron chi connectivity index (χ0n) is 22.0. The first-order valence-corrected chi connectivity index (χ1v) is 11.8. The van der Waals surface area contributed by atoms with Crippen molar-refractivity contribution in [1.82, 2.24) is 9.97 Å². The third-order valence-corrected chi connectivity index (χ3v) is 5.29. The average Bonchev–Trinajstić information content (AvgIpc) is 2.97. The van der Waals surface area contributed by atoms with Crippen LogP contribution >= 0.6 is 0 Å². The highest BCUT2D eigenvalue weighted by atomic mass is 16.5. The molecule has 11 nitrogen and oxygen atoms in total. The maximum absolute atomic E-state index is 5.32. The summed E-state index contributed by atoms with van der Waals surface area (Å²) in [5.41, 5.74) is 8.24. The lowest BCUT2D eigenvalue weighted by Gasteiger charge is -2.10. The summed E-state index contributed by atoms with van der Waals surface area (Å²) in [7, 11) is 6.37. The molecule has 1 heterocycles. The number of methoxy groups -OCH3 is 4. The zero-order valence-corrected chi connectivity index (χ0v) is 22.0. The number of hydrogen-bond acceptors (Lipinski definition) is 11. The number of para-hydroxylation sites is 1. The summed E-state index contributed by atoms with van der Waals surface area (Å²) in [4.78, 5) is 8.99. The van der Waals surface area contributed by atoms with Gasteiger partial charge in [-0.25, -0.2) is 5.43 Å². The highest BCUT2D eigenvalue weighted by Crippen LogP contribution is 2.23. The lowest BCUT2D eigenvalue weighted by atomic mass is 10.2. The summed E-state index contributed by atoms with van der Waals surface area (Å²) in [6.07, 6.45) is 3.26. The van der Waals surface area contributed by atoms with E-state index in [1.165, 1.54) is 0 Å². The number of nitrogens with zero attached hydrogens (tertiary/aromatic N) is 4. The quantitative estimate of drug-likeness (QED) is 0.170. The molecule has 4 aromatic rings. The van der Waals surface area contributed by atoms with Gasteiger partial charge in [-0.2, -0.15) is 20.2 Å². The Morgan fingerprint density at radius 2 is 1.08 bits per heavy atom. The molecule has 0 saturated carbocycles. The molecule has 0 fully saturated rings. The van der Waals surface area contributed by atoms with E-state index < -0.39 is 0 Å². The summed E-state index contributed by atoms with van der Waals surface area (Å²) < 4.78 is 21.3. The fourth-order valence-electron chi connectivity index (χ4n) is 3.43.